The molecule has 0 amide bonds. The van der Waals surface area contributed by atoms with E-state index in [9.17, 15) is 13.2 Å². The molecule has 0 spiro atoms. The van der Waals surface area contributed by atoms with Crippen molar-refractivity contribution in [3.8, 4) is 11.1 Å². The molecule has 2 aromatic carbocycles. The van der Waals surface area contributed by atoms with Crippen LogP contribution in [-0.4, -0.2) is 23.0 Å². The Bertz CT molecular complexity index is 1060. The number of alkyl halides is 3. The third-order valence-corrected chi connectivity index (χ3v) is 5.57. The molecular weight excluding hydrogens is 409 g/mol. The SMILES string of the molecule is FC(F)(F)c1cc(C2=CCN(Cc3cc(-c4ccccc4)ccn3)CC2)ccc1Cl. The highest BCUT2D eigenvalue weighted by Crippen LogP contribution is 2.37. The fraction of sp³-hybridized carbons (Fsp3) is 0.208. The highest BCUT2D eigenvalue weighted by Gasteiger charge is 2.33. The third-order valence-electron chi connectivity index (χ3n) is 5.25. The molecule has 6 heteroatoms. The van der Waals surface area contributed by atoms with E-state index < -0.39 is 11.7 Å². The van der Waals surface area contributed by atoms with Crippen LogP contribution in [0.5, 0.6) is 0 Å². The predicted molar refractivity (Wildman–Crippen MR) is 114 cm³/mol. The van der Waals surface area contributed by atoms with Crippen LogP contribution < -0.4 is 0 Å². The van der Waals surface area contributed by atoms with Crippen molar-refractivity contribution in [3.63, 3.8) is 0 Å². The van der Waals surface area contributed by atoms with Gasteiger partial charge in [0.1, 0.15) is 0 Å². The van der Waals surface area contributed by atoms with E-state index in [1.807, 2.05) is 36.5 Å². The van der Waals surface area contributed by atoms with Crippen LogP contribution in [0.4, 0.5) is 13.2 Å². The minimum absolute atomic E-state index is 0.270. The molecule has 0 radical (unpaired) electrons. The first-order valence-electron chi connectivity index (χ1n) is 9.69. The Kier molecular flexibility index (Phi) is 5.93. The minimum atomic E-state index is -4.45. The fourth-order valence-corrected chi connectivity index (χ4v) is 3.89. The van der Waals surface area contributed by atoms with E-state index in [-0.39, 0.29) is 5.02 Å². The fourth-order valence-electron chi connectivity index (χ4n) is 3.66. The number of nitrogens with zero attached hydrogens (tertiary/aromatic N) is 2. The van der Waals surface area contributed by atoms with Crippen molar-refractivity contribution in [1.29, 1.82) is 0 Å². The quantitative estimate of drug-likeness (QED) is 0.459. The van der Waals surface area contributed by atoms with Crippen LogP contribution in [0.3, 0.4) is 0 Å². The second-order valence-electron chi connectivity index (χ2n) is 7.31. The van der Waals surface area contributed by atoms with Gasteiger partial charge in [0.25, 0.3) is 0 Å². The zero-order chi connectivity index (χ0) is 21.1. The molecule has 0 unspecified atom stereocenters. The summed E-state index contributed by atoms with van der Waals surface area (Å²) in [6.45, 7) is 2.11. The summed E-state index contributed by atoms with van der Waals surface area (Å²) in [4.78, 5) is 6.72. The number of benzene rings is 2. The Labute approximate surface area is 178 Å². The van der Waals surface area contributed by atoms with Gasteiger partial charge < -0.3 is 0 Å². The van der Waals surface area contributed by atoms with Gasteiger partial charge in [-0.25, -0.2) is 0 Å². The van der Waals surface area contributed by atoms with Gasteiger partial charge in [0.15, 0.2) is 0 Å². The molecule has 0 saturated heterocycles. The lowest BCUT2D eigenvalue weighted by atomic mass is 9.97. The Balaban J connectivity index is 1.46. The Morgan fingerprint density at radius 1 is 0.933 bits per heavy atom. The molecule has 0 saturated carbocycles. The molecule has 0 N–H and O–H groups in total. The van der Waals surface area contributed by atoms with Crippen molar-refractivity contribution in [2.24, 2.45) is 0 Å². The smallest absolute Gasteiger partial charge is 0.294 e. The van der Waals surface area contributed by atoms with Crippen molar-refractivity contribution >= 4 is 17.2 Å². The average molecular weight is 429 g/mol. The summed E-state index contributed by atoms with van der Waals surface area (Å²) in [5.41, 5.74) is 3.95. The van der Waals surface area contributed by atoms with Gasteiger partial charge in [0, 0.05) is 25.8 Å². The lowest BCUT2D eigenvalue weighted by molar-refractivity contribution is -0.137. The summed E-state index contributed by atoms with van der Waals surface area (Å²) in [5.74, 6) is 0. The second kappa shape index (κ2) is 8.62. The normalized spacial score (nSPS) is 15.1. The van der Waals surface area contributed by atoms with Crippen LogP contribution in [0.15, 0.2) is 72.9 Å². The Morgan fingerprint density at radius 2 is 1.73 bits per heavy atom. The Hall–Kier alpha value is -2.63. The maximum atomic E-state index is 13.1. The zero-order valence-corrected chi connectivity index (χ0v) is 16.9. The lowest BCUT2D eigenvalue weighted by Crippen LogP contribution is -2.28. The number of pyridine rings is 1. The van der Waals surface area contributed by atoms with Crippen molar-refractivity contribution in [3.05, 3.63) is 94.8 Å². The number of aromatic nitrogens is 1. The molecule has 0 aliphatic carbocycles. The van der Waals surface area contributed by atoms with Crippen molar-refractivity contribution in [1.82, 2.24) is 9.88 Å². The van der Waals surface area contributed by atoms with E-state index in [1.54, 1.807) is 6.07 Å². The highest BCUT2D eigenvalue weighted by molar-refractivity contribution is 6.31. The van der Waals surface area contributed by atoms with Gasteiger partial charge in [-0.05, 0) is 52.9 Å². The lowest BCUT2D eigenvalue weighted by Gasteiger charge is -2.26. The van der Waals surface area contributed by atoms with Gasteiger partial charge >= 0.3 is 6.18 Å². The monoisotopic (exact) mass is 428 g/mol. The summed E-state index contributed by atoms with van der Waals surface area (Å²) in [7, 11) is 0. The number of hydrogen-bond acceptors (Lipinski definition) is 2. The number of halogens is 4. The molecule has 0 fully saturated rings. The summed E-state index contributed by atoms with van der Waals surface area (Å²) in [6, 6.07) is 18.3. The molecule has 1 aliphatic heterocycles. The maximum Gasteiger partial charge on any atom is 0.417 e. The molecule has 2 heterocycles. The van der Waals surface area contributed by atoms with Gasteiger partial charge in [0.05, 0.1) is 16.3 Å². The summed E-state index contributed by atoms with van der Waals surface area (Å²) < 4.78 is 39.4. The van der Waals surface area contributed by atoms with E-state index in [2.05, 4.69) is 28.1 Å². The van der Waals surface area contributed by atoms with Crippen LogP contribution in [0, 0.1) is 0 Å². The van der Waals surface area contributed by atoms with E-state index in [4.69, 9.17) is 11.6 Å². The first-order valence-corrected chi connectivity index (χ1v) is 10.1. The third kappa shape index (κ3) is 4.74. The topological polar surface area (TPSA) is 16.1 Å². The largest absolute Gasteiger partial charge is 0.417 e. The van der Waals surface area contributed by atoms with Crippen molar-refractivity contribution < 1.29 is 13.2 Å². The number of hydrogen-bond donors (Lipinski definition) is 0. The second-order valence-corrected chi connectivity index (χ2v) is 7.72. The van der Waals surface area contributed by atoms with Gasteiger partial charge in [-0.2, -0.15) is 13.2 Å². The average Bonchev–Trinajstić information content (AvgIpc) is 2.75. The van der Waals surface area contributed by atoms with Crippen LogP contribution in [0.2, 0.25) is 5.02 Å². The number of rotatable bonds is 4. The highest BCUT2D eigenvalue weighted by atomic mass is 35.5. The molecular formula is C24H20ClF3N2. The predicted octanol–water partition coefficient (Wildman–Crippen LogP) is 6.71. The zero-order valence-electron chi connectivity index (χ0n) is 16.2. The molecule has 0 bridgehead atoms. The maximum absolute atomic E-state index is 13.1. The van der Waals surface area contributed by atoms with Crippen LogP contribution in [0.25, 0.3) is 16.7 Å². The van der Waals surface area contributed by atoms with Gasteiger partial charge in [0.2, 0.25) is 0 Å². The first kappa shape index (κ1) is 20.6. The molecule has 2 nitrogen and oxygen atoms in total. The standard InChI is InChI=1S/C24H20ClF3N2/c25-23-7-6-19(15-22(23)24(26,27)28)18-9-12-30(13-10-18)16-21-14-20(8-11-29-21)17-4-2-1-3-5-17/h1-9,11,14-15H,10,12-13,16H2. The molecule has 3 aromatic rings. The summed E-state index contributed by atoms with van der Waals surface area (Å²) in [5, 5.41) is -0.270. The molecule has 1 aliphatic rings. The van der Waals surface area contributed by atoms with E-state index in [1.165, 1.54) is 6.07 Å². The van der Waals surface area contributed by atoms with E-state index >= 15 is 0 Å². The van der Waals surface area contributed by atoms with Gasteiger partial charge in [-0.3, -0.25) is 9.88 Å². The van der Waals surface area contributed by atoms with Gasteiger partial charge in [-0.15, -0.1) is 0 Å². The summed E-state index contributed by atoms with van der Waals surface area (Å²) in [6.07, 6.45) is 0.0320. The van der Waals surface area contributed by atoms with Crippen LogP contribution in [0.1, 0.15) is 23.2 Å². The molecule has 30 heavy (non-hydrogen) atoms. The molecule has 1 aromatic heterocycles. The molecule has 4 rings (SSSR count). The van der Waals surface area contributed by atoms with Crippen molar-refractivity contribution in [2.45, 2.75) is 19.1 Å². The minimum Gasteiger partial charge on any atom is -0.294 e. The van der Waals surface area contributed by atoms with Crippen molar-refractivity contribution in [2.75, 3.05) is 13.1 Å². The molecule has 0 atom stereocenters. The van der Waals surface area contributed by atoms with Crippen LogP contribution >= 0.6 is 11.6 Å². The van der Waals surface area contributed by atoms with E-state index in [0.29, 0.717) is 25.1 Å². The first-order chi connectivity index (χ1) is 14.4. The van der Waals surface area contributed by atoms with Gasteiger partial charge in [-0.1, -0.05) is 54.1 Å². The Morgan fingerprint density at radius 3 is 2.43 bits per heavy atom. The van der Waals surface area contributed by atoms with E-state index in [0.717, 1.165) is 35.0 Å². The molecule has 154 valence electrons. The van der Waals surface area contributed by atoms with Crippen LogP contribution in [-0.2, 0) is 12.7 Å². The summed E-state index contributed by atoms with van der Waals surface area (Å²) >= 11 is 5.74.